The first kappa shape index (κ1) is 12.4. The maximum Gasteiger partial charge on any atom is 0.223 e. The maximum atomic E-state index is 5.68. The molecule has 1 aliphatic rings. The molecule has 2 heterocycles. The molecule has 5 nitrogen and oxygen atoms in total. The molecule has 0 unspecified atom stereocenters. The fourth-order valence-electron chi connectivity index (χ4n) is 1.08. The first-order valence-corrected chi connectivity index (χ1v) is 5.41. The van der Waals surface area contributed by atoms with E-state index in [2.05, 4.69) is 15.0 Å². The molecule has 0 bridgehead atoms. The summed E-state index contributed by atoms with van der Waals surface area (Å²) in [4.78, 5) is 12.1. The lowest BCUT2D eigenvalue weighted by Crippen LogP contribution is -2.10. The summed E-state index contributed by atoms with van der Waals surface area (Å²) in [6.07, 6.45) is 0. The molecular formula is C7H9Cl2N5S. The van der Waals surface area contributed by atoms with Gasteiger partial charge in [-0.2, -0.15) is 4.98 Å². The van der Waals surface area contributed by atoms with E-state index in [4.69, 9.17) is 23.1 Å². The lowest BCUT2D eigenvalue weighted by Gasteiger charge is -2.13. The van der Waals surface area contributed by atoms with Gasteiger partial charge < -0.3 is 11.5 Å². The van der Waals surface area contributed by atoms with Gasteiger partial charge in [0.1, 0.15) is 10.7 Å². The molecule has 0 saturated carbocycles. The number of aromatic nitrogens is 2. The second-order valence-electron chi connectivity index (χ2n) is 2.72. The van der Waals surface area contributed by atoms with E-state index >= 15 is 0 Å². The van der Waals surface area contributed by atoms with Crippen LogP contribution in [0.4, 0.5) is 17.5 Å². The molecule has 0 amide bonds. The summed E-state index contributed by atoms with van der Waals surface area (Å²) in [7, 11) is 0. The lowest BCUT2D eigenvalue weighted by atomic mass is 10.4. The predicted molar refractivity (Wildman–Crippen MR) is 66.6 cm³/mol. The molecule has 2 rings (SSSR count). The molecule has 4 N–H and O–H groups in total. The average Bonchev–Trinajstić information content (AvgIpc) is 2.17. The number of fused-ring (bicyclic) bond motifs is 1. The Kier molecular flexibility index (Phi) is 4.01. The van der Waals surface area contributed by atoms with Crippen LogP contribution in [0.15, 0.2) is 10.0 Å². The number of anilines is 2. The largest absolute Gasteiger partial charge is 0.382 e. The molecule has 0 aliphatic carbocycles. The van der Waals surface area contributed by atoms with Crippen molar-refractivity contribution < 1.29 is 0 Å². The number of nitrogens with zero attached hydrogens (tertiary/aromatic N) is 3. The summed E-state index contributed by atoms with van der Waals surface area (Å²) in [5.41, 5.74) is 12.6. The number of hydrogen-bond donors (Lipinski definition) is 2. The van der Waals surface area contributed by atoms with Gasteiger partial charge in [0.2, 0.25) is 5.95 Å². The fraction of sp³-hybridized carbons (Fsp3) is 0.286. The van der Waals surface area contributed by atoms with Gasteiger partial charge in [0.25, 0.3) is 0 Å². The van der Waals surface area contributed by atoms with E-state index in [1.807, 2.05) is 0 Å². The van der Waals surface area contributed by atoms with E-state index in [0.29, 0.717) is 17.4 Å². The van der Waals surface area contributed by atoms with E-state index in [1.54, 1.807) is 0 Å². The van der Waals surface area contributed by atoms with Crippen molar-refractivity contribution in [1.82, 2.24) is 9.97 Å². The topological polar surface area (TPSA) is 90.2 Å². The van der Waals surface area contributed by atoms with Gasteiger partial charge in [0.15, 0.2) is 5.82 Å². The van der Waals surface area contributed by atoms with Crippen LogP contribution >= 0.6 is 35.8 Å². The number of nitrogens with two attached hydrogens (primary N) is 2. The van der Waals surface area contributed by atoms with E-state index in [1.165, 1.54) is 11.8 Å². The second-order valence-corrected chi connectivity index (χ2v) is 3.95. The Morgan fingerprint density at radius 1 is 1.33 bits per heavy atom. The van der Waals surface area contributed by atoms with Gasteiger partial charge in [0, 0.05) is 11.5 Å². The highest BCUT2D eigenvalue weighted by Crippen LogP contribution is 2.36. The van der Waals surface area contributed by atoms with Crippen molar-refractivity contribution in [3.63, 3.8) is 0 Å². The molecule has 0 radical (unpaired) electrons. The number of aliphatic imine (C=N–C) groups is 1. The first-order chi connectivity index (χ1) is 6.70. The SMILES string of the molecule is Cl.Nc1nc(N)c2c(n1)SCC(CCl)=N2. The molecular weight excluding hydrogens is 257 g/mol. The van der Waals surface area contributed by atoms with Crippen molar-refractivity contribution in [2.45, 2.75) is 5.03 Å². The first-order valence-electron chi connectivity index (χ1n) is 3.89. The van der Waals surface area contributed by atoms with Crippen LogP contribution in [0.5, 0.6) is 0 Å². The normalized spacial score (nSPS) is 13.8. The monoisotopic (exact) mass is 265 g/mol. The van der Waals surface area contributed by atoms with Crippen LogP contribution in [0, 0.1) is 0 Å². The molecule has 1 aliphatic heterocycles. The molecule has 0 saturated heterocycles. The smallest absolute Gasteiger partial charge is 0.223 e. The minimum Gasteiger partial charge on any atom is -0.382 e. The summed E-state index contributed by atoms with van der Waals surface area (Å²) in [5, 5.41) is 0.726. The molecule has 0 fully saturated rings. The van der Waals surface area contributed by atoms with Gasteiger partial charge in [-0.1, -0.05) is 11.8 Å². The van der Waals surface area contributed by atoms with E-state index in [0.717, 1.165) is 16.5 Å². The van der Waals surface area contributed by atoms with Crippen LogP contribution in [0.25, 0.3) is 0 Å². The Balaban J connectivity index is 0.00000112. The molecule has 8 heteroatoms. The van der Waals surface area contributed by atoms with E-state index in [9.17, 15) is 0 Å². The van der Waals surface area contributed by atoms with Crippen molar-refractivity contribution in [1.29, 1.82) is 0 Å². The molecule has 15 heavy (non-hydrogen) atoms. The minimum absolute atomic E-state index is 0. The van der Waals surface area contributed by atoms with Crippen LogP contribution in [-0.2, 0) is 0 Å². The second kappa shape index (κ2) is 4.87. The Morgan fingerprint density at radius 3 is 2.73 bits per heavy atom. The number of thioether (sulfide) groups is 1. The van der Waals surface area contributed by atoms with Gasteiger partial charge in [-0.3, -0.25) is 0 Å². The zero-order valence-corrected chi connectivity index (χ0v) is 9.99. The molecule has 0 atom stereocenters. The van der Waals surface area contributed by atoms with Crippen LogP contribution in [0.1, 0.15) is 0 Å². The van der Waals surface area contributed by atoms with Gasteiger partial charge in [-0.25, -0.2) is 9.98 Å². The van der Waals surface area contributed by atoms with Gasteiger partial charge in [-0.05, 0) is 0 Å². The van der Waals surface area contributed by atoms with Crippen LogP contribution in [0.3, 0.4) is 0 Å². The predicted octanol–water partition coefficient (Wildman–Crippen LogP) is 1.48. The number of hydrogen-bond acceptors (Lipinski definition) is 6. The Labute approximate surface area is 102 Å². The van der Waals surface area contributed by atoms with Crippen LogP contribution < -0.4 is 11.5 Å². The molecule has 1 aromatic heterocycles. The van der Waals surface area contributed by atoms with Crippen LogP contribution in [-0.4, -0.2) is 27.3 Å². The van der Waals surface area contributed by atoms with Gasteiger partial charge in [0.05, 0.1) is 5.88 Å². The van der Waals surface area contributed by atoms with Crippen molar-refractivity contribution in [2.75, 3.05) is 23.1 Å². The van der Waals surface area contributed by atoms with Crippen molar-refractivity contribution in [3.05, 3.63) is 0 Å². The number of nitrogen functional groups attached to an aromatic ring is 2. The third-order valence-electron chi connectivity index (χ3n) is 1.70. The maximum absolute atomic E-state index is 5.68. The number of alkyl halides is 1. The third kappa shape index (κ3) is 2.45. The van der Waals surface area contributed by atoms with Gasteiger partial charge >= 0.3 is 0 Å². The summed E-state index contributed by atoms with van der Waals surface area (Å²) >= 11 is 7.20. The van der Waals surface area contributed by atoms with Crippen LogP contribution in [0.2, 0.25) is 0 Å². The van der Waals surface area contributed by atoms with E-state index < -0.39 is 0 Å². The number of halogens is 2. The van der Waals surface area contributed by atoms with Crippen molar-refractivity contribution in [2.24, 2.45) is 4.99 Å². The van der Waals surface area contributed by atoms with E-state index in [-0.39, 0.29) is 18.4 Å². The zero-order chi connectivity index (χ0) is 10.1. The summed E-state index contributed by atoms with van der Waals surface area (Å²) < 4.78 is 0. The fourth-order valence-corrected chi connectivity index (χ4v) is 2.27. The molecule has 0 aromatic carbocycles. The summed E-state index contributed by atoms with van der Waals surface area (Å²) in [6, 6.07) is 0. The highest BCUT2D eigenvalue weighted by Gasteiger charge is 2.17. The molecule has 82 valence electrons. The van der Waals surface area contributed by atoms with Gasteiger partial charge in [-0.15, -0.1) is 24.0 Å². The lowest BCUT2D eigenvalue weighted by molar-refractivity contribution is 1.06. The number of rotatable bonds is 1. The standard InChI is InChI=1S/C7H8ClN5S.ClH/c8-1-3-2-14-6-4(11-3)5(9)12-7(10)13-6;/h1-2H2,(H4,9,10,12,13);1H. The average molecular weight is 266 g/mol. The molecule has 1 aromatic rings. The minimum atomic E-state index is 0. The Hall–Kier alpha value is -0.720. The Bertz CT molecular complexity index is 409. The quantitative estimate of drug-likeness (QED) is 0.593. The van der Waals surface area contributed by atoms with Crippen molar-refractivity contribution in [3.8, 4) is 0 Å². The Morgan fingerprint density at radius 2 is 2.07 bits per heavy atom. The summed E-state index contributed by atoms with van der Waals surface area (Å²) in [6.45, 7) is 0. The highest BCUT2D eigenvalue weighted by molar-refractivity contribution is 8.00. The molecule has 0 spiro atoms. The highest BCUT2D eigenvalue weighted by atomic mass is 35.5. The van der Waals surface area contributed by atoms with Crippen molar-refractivity contribution >= 4 is 58.9 Å². The summed E-state index contributed by atoms with van der Waals surface area (Å²) in [5.74, 6) is 1.61. The zero-order valence-electron chi connectivity index (χ0n) is 7.61. The third-order valence-corrected chi connectivity index (χ3v) is 3.04.